The van der Waals surface area contributed by atoms with E-state index in [1.54, 1.807) is 0 Å². The van der Waals surface area contributed by atoms with Crippen molar-refractivity contribution in [1.82, 2.24) is 0 Å². The summed E-state index contributed by atoms with van der Waals surface area (Å²) < 4.78 is 14.4. The molecule has 0 aromatic heterocycles. The third-order valence-electron chi connectivity index (χ3n) is 3.15. The van der Waals surface area contributed by atoms with Gasteiger partial charge in [0.1, 0.15) is 5.67 Å². The Labute approximate surface area is 95.1 Å². The zero-order valence-corrected chi connectivity index (χ0v) is 9.41. The summed E-state index contributed by atoms with van der Waals surface area (Å²) in [6, 6.07) is 13.6. The van der Waals surface area contributed by atoms with Gasteiger partial charge < -0.3 is 5.73 Å². The molecule has 0 spiro atoms. The first kappa shape index (κ1) is 11.1. The summed E-state index contributed by atoms with van der Waals surface area (Å²) in [5, 5.41) is 2.19. The minimum absolute atomic E-state index is 0.0296. The minimum Gasteiger partial charge on any atom is -0.327 e. The van der Waals surface area contributed by atoms with Gasteiger partial charge in [-0.05, 0) is 28.8 Å². The molecule has 2 heteroatoms. The number of rotatable bonds is 3. The second-order valence-electron chi connectivity index (χ2n) is 4.08. The Morgan fingerprint density at radius 2 is 1.81 bits per heavy atom. The quantitative estimate of drug-likeness (QED) is 0.838. The molecule has 84 valence electrons. The van der Waals surface area contributed by atoms with E-state index in [0.29, 0.717) is 12.0 Å². The lowest BCUT2D eigenvalue weighted by Crippen LogP contribution is -2.29. The van der Waals surface area contributed by atoms with E-state index in [2.05, 4.69) is 0 Å². The maximum Gasteiger partial charge on any atom is 0.147 e. The summed E-state index contributed by atoms with van der Waals surface area (Å²) in [4.78, 5) is 0. The lowest BCUT2D eigenvalue weighted by atomic mass is 9.91. The first-order valence-electron chi connectivity index (χ1n) is 5.58. The molecule has 2 rings (SSSR count). The molecule has 0 saturated heterocycles. The van der Waals surface area contributed by atoms with E-state index in [1.165, 1.54) is 0 Å². The van der Waals surface area contributed by atoms with E-state index >= 15 is 0 Å². The second-order valence-corrected chi connectivity index (χ2v) is 4.08. The van der Waals surface area contributed by atoms with Gasteiger partial charge in [-0.25, -0.2) is 4.39 Å². The standard InChI is InChI=1S/C14H16FN/c1-2-14(15,10-16)13-8-7-11-5-3-4-6-12(11)9-13/h3-9H,2,10,16H2,1H3. The fraction of sp³-hybridized carbons (Fsp3) is 0.286. The molecule has 0 fully saturated rings. The van der Waals surface area contributed by atoms with Crippen LogP contribution in [0.15, 0.2) is 42.5 Å². The molecule has 2 aromatic carbocycles. The summed E-state index contributed by atoms with van der Waals surface area (Å²) in [5.74, 6) is 0. The van der Waals surface area contributed by atoms with Gasteiger partial charge in [-0.2, -0.15) is 0 Å². The van der Waals surface area contributed by atoms with Gasteiger partial charge in [-0.1, -0.05) is 43.3 Å². The molecular weight excluding hydrogens is 201 g/mol. The molecule has 0 radical (unpaired) electrons. The van der Waals surface area contributed by atoms with E-state index in [-0.39, 0.29) is 6.54 Å². The van der Waals surface area contributed by atoms with Gasteiger partial charge in [0.25, 0.3) is 0 Å². The van der Waals surface area contributed by atoms with Gasteiger partial charge in [-0.3, -0.25) is 0 Å². The summed E-state index contributed by atoms with van der Waals surface area (Å²) in [6.45, 7) is 1.85. The number of hydrogen-bond donors (Lipinski definition) is 1. The van der Waals surface area contributed by atoms with Gasteiger partial charge in [-0.15, -0.1) is 0 Å². The van der Waals surface area contributed by atoms with Crippen molar-refractivity contribution in [3.05, 3.63) is 48.0 Å². The minimum atomic E-state index is -1.40. The van der Waals surface area contributed by atoms with E-state index in [4.69, 9.17) is 5.73 Å². The lowest BCUT2D eigenvalue weighted by molar-refractivity contribution is 0.169. The largest absolute Gasteiger partial charge is 0.327 e. The predicted molar refractivity (Wildman–Crippen MR) is 66.1 cm³/mol. The Hall–Kier alpha value is -1.41. The molecule has 2 aromatic rings. The van der Waals surface area contributed by atoms with Crippen molar-refractivity contribution in [3.8, 4) is 0 Å². The van der Waals surface area contributed by atoms with Crippen LogP contribution in [-0.2, 0) is 5.67 Å². The molecule has 1 atom stereocenters. The van der Waals surface area contributed by atoms with Crippen LogP contribution in [0.1, 0.15) is 18.9 Å². The summed E-state index contributed by atoms with van der Waals surface area (Å²) >= 11 is 0. The maximum atomic E-state index is 14.4. The summed E-state index contributed by atoms with van der Waals surface area (Å²) in [7, 11) is 0. The Morgan fingerprint density at radius 3 is 2.44 bits per heavy atom. The first-order valence-corrected chi connectivity index (χ1v) is 5.58. The highest BCUT2D eigenvalue weighted by Gasteiger charge is 2.27. The van der Waals surface area contributed by atoms with Crippen molar-refractivity contribution in [1.29, 1.82) is 0 Å². The molecule has 0 saturated carbocycles. The molecule has 0 aliphatic rings. The molecule has 0 aliphatic carbocycles. The van der Waals surface area contributed by atoms with Gasteiger partial charge >= 0.3 is 0 Å². The van der Waals surface area contributed by atoms with Crippen LogP contribution in [-0.4, -0.2) is 6.54 Å². The molecule has 0 bridgehead atoms. The van der Waals surface area contributed by atoms with Gasteiger partial charge in [0.15, 0.2) is 0 Å². The molecule has 16 heavy (non-hydrogen) atoms. The van der Waals surface area contributed by atoms with Crippen LogP contribution in [0.3, 0.4) is 0 Å². The topological polar surface area (TPSA) is 26.0 Å². The van der Waals surface area contributed by atoms with Crippen molar-refractivity contribution >= 4 is 10.8 Å². The van der Waals surface area contributed by atoms with Gasteiger partial charge in [0, 0.05) is 6.54 Å². The van der Waals surface area contributed by atoms with Crippen LogP contribution in [0, 0.1) is 0 Å². The van der Waals surface area contributed by atoms with Crippen molar-refractivity contribution in [2.45, 2.75) is 19.0 Å². The fourth-order valence-corrected chi connectivity index (χ4v) is 1.93. The van der Waals surface area contributed by atoms with Gasteiger partial charge in [0.05, 0.1) is 0 Å². The molecule has 0 aliphatic heterocycles. The lowest BCUT2D eigenvalue weighted by Gasteiger charge is -2.22. The Morgan fingerprint density at radius 1 is 1.12 bits per heavy atom. The summed E-state index contributed by atoms with van der Waals surface area (Å²) in [5.41, 5.74) is 4.80. The van der Waals surface area contributed by atoms with Crippen molar-refractivity contribution in [3.63, 3.8) is 0 Å². The van der Waals surface area contributed by atoms with Crippen molar-refractivity contribution in [2.24, 2.45) is 5.73 Å². The van der Waals surface area contributed by atoms with E-state index in [0.717, 1.165) is 10.8 Å². The number of alkyl halides is 1. The van der Waals surface area contributed by atoms with Gasteiger partial charge in [0.2, 0.25) is 0 Å². The van der Waals surface area contributed by atoms with E-state index < -0.39 is 5.67 Å². The smallest absolute Gasteiger partial charge is 0.147 e. The van der Waals surface area contributed by atoms with E-state index in [9.17, 15) is 4.39 Å². The number of hydrogen-bond acceptors (Lipinski definition) is 1. The van der Waals surface area contributed by atoms with Crippen LogP contribution in [0.2, 0.25) is 0 Å². The highest BCUT2D eigenvalue weighted by Crippen LogP contribution is 2.30. The molecule has 0 amide bonds. The average Bonchev–Trinajstić information content (AvgIpc) is 2.37. The second kappa shape index (κ2) is 4.22. The highest BCUT2D eigenvalue weighted by molar-refractivity contribution is 5.83. The number of benzene rings is 2. The van der Waals surface area contributed by atoms with Crippen molar-refractivity contribution in [2.75, 3.05) is 6.54 Å². The number of halogens is 1. The summed E-state index contributed by atoms with van der Waals surface area (Å²) in [6.07, 6.45) is 0.405. The van der Waals surface area contributed by atoms with E-state index in [1.807, 2.05) is 49.4 Å². The average molecular weight is 217 g/mol. The van der Waals surface area contributed by atoms with Crippen molar-refractivity contribution < 1.29 is 4.39 Å². The predicted octanol–water partition coefficient (Wildman–Crippen LogP) is 3.37. The molecular formula is C14H16FN. The van der Waals surface area contributed by atoms with Crippen LogP contribution >= 0.6 is 0 Å². The molecule has 1 unspecified atom stereocenters. The molecule has 1 nitrogen and oxygen atoms in total. The zero-order chi connectivity index (χ0) is 11.6. The SMILES string of the molecule is CCC(F)(CN)c1ccc2ccccc2c1. The molecule has 0 heterocycles. The monoisotopic (exact) mass is 217 g/mol. The Kier molecular flexibility index (Phi) is 2.92. The maximum absolute atomic E-state index is 14.4. The highest BCUT2D eigenvalue weighted by atomic mass is 19.1. The fourth-order valence-electron chi connectivity index (χ4n) is 1.93. The number of nitrogens with two attached hydrogens (primary N) is 1. The van der Waals surface area contributed by atoms with Crippen LogP contribution < -0.4 is 5.73 Å². The zero-order valence-electron chi connectivity index (χ0n) is 9.41. The third kappa shape index (κ3) is 1.81. The third-order valence-corrected chi connectivity index (χ3v) is 3.15. The Bertz CT molecular complexity index is 489. The Balaban J connectivity index is 2.54. The first-order chi connectivity index (χ1) is 7.69. The van der Waals surface area contributed by atoms with Crippen LogP contribution in [0.5, 0.6) is 0 Å². The van der Waals surface area contributed by atoms with Crippen LogP contribution in [0.25, 0.3) is 10.8 Å². The molecule has 2 N–H and O–H groups in total. The number of fused-ring (bicyclic) bond motifs is 1. The van der Waals surface area contributed by atoms with Crippen LogP contribution in [0.4, 0.5) is 4.39 Å². The normalized spacial score (nSPS) is 14.9.